The highest BCUT2D eigenvalue weighted by Gasteiger charge is 2.15. The summed E-state index contributed by atoms with van der Waals surface area (Å²) in [5.74, 6) is 0. The molecule has 0 amide bonds. The van der Waals surface area contributed by atoms with Crippen molar-refractivity contribution in [3.63, 3.8) is 0 Å². The molecule has 0 saturated heterocycles. The fourth-order valence-corrected chi connectivity index (χ4v) is 2.24. The highest BCUT2D eigenvalue weighted by Crippen LogP contribution is 2.21. The molecule has 0 radical (unpaired) electrons. The molecule has 1 aromatic rings. The van der Waals surface area contributed by atoms with Crippen LogP contribution in [0.5, 0.6) is 0 Å². The first-order valence-electron chi connectivity index (χ1n) is 4.64. The van der Waals surface area contributed by atoms with Crippen molar-refractivity contribution in [1.82, 2.24) is 4.98 Å². The highest BCUT2D eigenvalue weighted by molar-refractivity contribution is 14.1. The SMILES string of the molecule is CCCc1c(C)nc(I)c(C#N)c1C#N. The van der Waals surface area contributed by atoms with Gasteiger partial charge in [0, 0.05) is 5.69 Å². The summed E-state index contributed by atoms with van der Waals surface area (Å²) in [6, 6.07) is 4.16. The molecule has 0 atom stereocenters. The number of halogens is 1. The molecule has 0 aromatic carbocycles. The van der Waals surface area contributed by atoms with Gasteiger partial charge in [-0.05, 0) is 41.5 Å². The fraction of sp³-hybridized carbons (Fsp3) is 0.364. The predicted molar refractivity (Wildman–Crippen MR) is 65.1 cm³/mol. The largest absolute Gasteiger partial charge is 0.245 e. The molecule has 0 saturated carbocycles. The van der Waals surface area contributed by atoms with E-state index in [0.717, 1.165) is 24.1 Å². The maximum Gasteiger partial charge on any atom is 0.120 e. The normalized spacial score (nSPS) is 9.40. The van der Waals surface area contributed by atoms with Gasteiger partial charge in [-0.3, -0.25) is 0 Å². The molecule has 0 aliphatic carbocycles. The maximum absolute atomic E-state index is 9.07. The molecule has 0 fully saturated rings. The zero-order chi connectivity index (χ0) is 11.4. The maximum atomic E-state index is 9.07. The van der Waals surface area contributed by atoms with Crippen LogP contribution in [-0.2, 0) is 6.42 Å². The van der Waals surface area contributed by atoms with Crippen molar-refractivity contribution in [2.75, 3.05) is 0 Å². The Morgan fingerprint density at radius 3 is 2.33 bits per heavy atom. The van der Waals surface area contributed by atoms with Gasteiger partial charge >= 0.3 is 0 Å². The molecule has 1 heterocycles. The zero-order valence-corrected chi connectivity index (χ0v) is 10.8. The summed E-state index contributed by atoms with van der Waals surface area (Å²) in [4.78, 5) is 4.28. The molecule has 1 rings (SSSR count). The van der Waals surface area contributed by atoms with Crippen LogP contribution in [0.3, 0.4) is 0 Å². The Labute approximate surface area is 103 Å². The number of hydrogen-bond acceptors (Lipinski definition) is 3. The molecule has 0 spiro atoms. The van der Waals surface area contributed by atoms with Gasteiger partial charge in [0.05, 0.1) is 5.56 Å². The van der Waals surface area contributed by atoms with E-state index in [0.29, 0.717) is 14.8 Å². The van der Waals surface area contributed by atoms with Crippen molar-refractivity contribution in [2.24, 2.45) is 0 Å². The number of aromatic nitrogens is 1. The van der Waals surface area contributed by atoms with Crippen molar-refractivity contribution >= 4 is 22.6 Å². The summed E-state index contributed by atoms with van der Waals surface area (Å²) in [6.07, 6.45) is 1.75. The highest BCUT2D eigenvalue weighted by atomic mass is 127. The van der Waals surface area contributed by atoms with Crippen LogP contribution in [0.4, 0.5) is 0 Å². The van der Waals surface area contributed by atoms with E-state index in [1.54, 1.807) is 0 Å². The molecule has 0 aliphatic heterocycles. The van der Waals surface area contributed by atoms with E-state index in [1.165, 1.54) is 0 Å². The molecule has 0 bridgehead atoms. The van der Waals surface area contributed by atoms with E-state index in [1.807, 2.05) is 42.5 Å². The van der Waals surface area contributed by atoms with Crippen LogP contribution in [0.15, 0.2) is 0 Å². The Bertz CT molecular complexity index is 466. The van der Waals surface area contributed by atoms with Gasteiger partial charge in [0.25, 0.3) is 0 Å². The van der Waals surface area contributed by atoms with E-state index >= 15 is 0 Å². The summed E-state index contributed by atoms with van der Waals surface area (Å²) < 4.78 is 0.615. The van der Waals surface area contributed by atoms with E-state index in [2.05, 4.69) is 11.1 Å². The smallest absolute Gasteiger partial charge is 0.120 e. The van der Waals surface area contributed by atoms with Crippen molar-refractivity contribution < 1.29 is 0 Å². The predicted octanol–water partition coefficient (Wildman–Crippen LogP) is 2.69. The van der Waals surface area contributed by atoms with Crippen LogP contribution in [0.25, 0.3) is 0 Å². The summed E-state index contributed by atoms with van der Waals surface area (Å²) in [6.45, 7) is 3.93. The van der Waals surface area contributed by atoms with E-state index in [4.69, 9.17) is 10.5 Å². The number of nitrogens with zero attached hydrogens (tertiary/aromatic N) is 3. The van der Waals surface area contributed by atoms with Gasteiger partial charge in [-0.15, -0.1) is 0 Å². The minimum atomic E-state index is 0.409. The van der Waals surface area contributed by atoms with Gasteiger partial charge in [0.2, 0.25) is 0 Å². The van der Waals surface area contributed by atoms with Crippen molar-refractivity contribution in [1.29, 1.82) is 10.5 Å². The summed E-state index contributed by atoms with van der Waals surface area (Å²) in [5, 5.41) is 18.0. The summed E-state index contributed by atoms with van der Waals surface area (Å²) in [7, 11) is 0. The lowest BCUT2D eigenvalue weighted by molar-refractivity contribution is 0.889. The molecule has 76 valence electrons. The van der Waals surface area contributed by atoms with Gasteiger partial charge < -0.3 is 0 Å². The average molecular weight is 311 g/mol. The minimum Gasteiger partial charge on any atom is -0.245 e. The van der Waals surface area contributed by atoms with E-state index < -0.39 is 0 Å². The number of aryl methyl sites for hydroxylation is 1. The van der Waals surface area contributed by atoms with Gasteiger partial charge in [-0.25, -0.2) is 4.98 Å². The van der Waals surface area contributed by atoms with Gasteiger partial charge in [-0.2, -0.15) is 10.5 Å². The second kappa shape index (κ2) is 5.09. The molecular weight excluding hydrogens is 301 g/mol. The molecule has 4 heteroatoms. The molecule has 0 aliphatic rings. The second-order valence-corrected chi connectivity index (χ2v) is 4.21. The third-order valence-corrected chi connectivity index (χ3v) is 2.96. The standard InChI is InChI=1S/C11H10IN3/c1-3-4-8-7(2)15-11(12)10(6-14)9(8)5-13/h3-4H2,1-2H3. The molecular formula is C11H10IN3. The van der Waals surface area contributed by atoms with E-state index in [9.17, 15) is 0 Å². The number of nitriles is 2. The summed E-state index contributed by atoms with van der Waals surface area (Å²) in [5.41, 5.74) is 2.68. The molecule has 15 heavy (non-hydrogen) atoms. The first-order valence-corrected chi connectivity index (χ1v) is 5.72. The number of hydrogen-bond donors (Lipinski definition) is 0. The number of rotatable bonds is 2. The van der Waals surface area contributed by atoms with Crippen molar-refractivity contribution in [3.8, 4) is 12.1 Å². The van der Waals surface area contributed by atoms with Crippen LogP contribution in [0.1, 0.15) is 35.7 Å². The van der Waals surface area contributed by atoms with Crippen molar-refractivity contribution in [2.45, 2.75) is 26.7 Å². The lowest BCUT2D eigenvalue weighted by atomic mass is 9.99. The molecule has 3 nitrogen and oxygen atoms in total. The molecule has 0 N–H and O–H groups in total. The quantitative estimate of drug-likeness (QED) is 0.623. The molecule has 1 aromatic heterocycles. The number of pyridine rings is 1. The average Bonchev–Trinajstić information content (AvgIpc) is 2.21. The Morgan fingerprint density at radius 1 is 1.27 bits per heavy atom. The van der Waals surface area contributed by atoms with Crippen LogP contribution in [0.2, 0.25) is 0 Å². The first kappa shape index (κ1) is 11.9. The Kier molecular flexibility index (Phi) is 4.05. The van der Waals surface area contributed by atoms with Crippen LogP contribution < -0.4 is 0 Å². The van der Waals surface area contributed by atoms with Crippen LogP contribution in [-0.4, -0.2) is 4.98 Å². The minimum absolute atomic E-state index is 0.409. The molecule has 0 unspecified atom stereocenters. The van der Waals surface area contributed by atoms with Gasteiger partial charge in [0.1, 0.15) is 21.4 Å². The van der Waals surface area contributed by atoms with Crippen LogP contribution in [0, 0.1) is 33.3 Å². The lowest BCUT2D eigenvalue weighted by Gasteiger charge is -2.08. The van der Waals surface area contributed by atoms with Gasteiger partial charge in [-0.1, -0.05) is 13.3 Å². The monoisotopic (exact) mass is 311 g/mol. The third-order valence-electron chi connectivity index (χ3n) is 2.18. The Balaban J connectivity index is 3.53. The van der Waals surface area contributed by atoms with Crippen LogP contribution >= 0.6 is 22.6 Å². The lowest BCUT2D eigenvalue weighted by Crippen LogP contribution is -2.03. The third kappa shape index (κ3) is 2.27. The second-order valence-electron chi connectivity index (χ2n) is 3.19. The fourth-order valence-electron chi connectivity index (χ4n) is 1.49. The van der Waals surface area contributed by atoms with Gasteiger partial charge in [0.15, 0.2) is 0 Å². The van der Waals surface area contributed by atoms with Crippen molar-refractivity contribution in [3.05, 3.63) is 26.1 Å². The Hall–Kier alpha value is -1.14. The topological polar surface area (TPSA) is 60.5 Å². The zero-order valence-electron chi connectivity index (χ0n) is 8.63. The summed E-state index contributed by atoms with van der Waals surface area (Å²) >= 11 is 2.00. The Morgan fingerprint density at radius 2 is 1.87 bits per heavy atom. The van der Waals surface area contributed by atoms with E-state index in [-0.39, 0.29) is 0 Å². The first-order chi connectivity index (χ1) is 7.15.